The van der Waals surface area contributed by atoms with Crippen molar-refractivity contribution in [2.45, 2.75) is 50.7 Å². The van der Waals surface area contributed by atoms with Crippen LogP contribution in [0, 0.1) is 11.3 Å². The molecule has 1 atom stereocenters. The van der Waals surface area contributed by atoms with Crippen LogP contribution >= 0.6 is 15.9 Å². The molecular formula is C19H21BrN2O3. The number of hydrogen-bond donors (Lipinski definition) is 1. The number of nitrogens with one attached hydrogen (secondary N) is 1. The number of benzene rings is 1. The van der Waals surface area contributed by atoms with Crippen molar-refractivity contribution < 1.29 is 14.3 Å². The fourth-order valence-electron chi connectivity index (χ4n) is 2.80. The predicted octanol–water partition coefficient (Wildman–Crippen LogP) is 3.74. The Hall–Kier alpha value is -2.13. The minimum absolute atomic E-state index is 0.437. The topological polar surface area (TPSA) is 79.2 Å². The third-order valence-corrected chi connectivity index (χ3v) is 4.70. The second-order valence-corrected chi connectivity index (χ2v) is 7.13. The van der Waals surface area contributed by atoms with E-state index < -0.39 is 23.5 Å². The highest BCUT2D eigenvalue weighted by atomic mass is 79.9. The second kappa shape index (κ2) is 8.82. The van der Waals surface area contributed by atoms with E-state index in [-0.39, 0.29) is 0 Å². The first-order chi connectivity index (χ1) is 11.9. The van der Waals surface area contributed by atoms with E-state index >= 15 is 0 Å². The highest BCUT2D eigenvalue weighted by Gasteiger charge is 2.35. The molecule has 0 heterocycles. The number of nitrogens with zero attached hydrogens (tertiary/aromatic N) is 1. The van der Waals surface area contributed by atoms with Gasteiger partial charge in [-0.1, -0.05) is 47.3 Å². The summed E-state index contributed by atoms with van der Waals surface area (Å²) in [4.78, 5) is 24.2. The predicted molar refractivity (Wildman–Crippen MR) is 98.3 cm³/mol. The van der Waals surface area contributed by atoms with Gasteiger partial charge in [-0.3, -0.25) is 4.79 Å². The monoisotopic (exact) mass is 404 g/mol. The smallest absolute Gasteiger partial charge is 0.331 e. The SMILES string of the molecule is C[C@H](OC(=O)/C=C/c1cccc(Br)c1)C(=O)NC1(C#N)CCCCC1. The largest absolute Gasteiger partial charge is 0.449 e. The molecule has 1 N–H and O–H groups in total. The molecule has 0 saturated heterocycles. The maximum Gasteiger partial charge on any atom is 0.331 e. The molecule has 1 aromatic rings. The maximum absolute atomic E-state index is 12.3. The van der Waals surface area contributed by atoms with Crippen LogP contribution in [-0.4, -0.2) is 23.5 Å². The molecule has 1 aliphatic carbocycles. The van der Waals surface area contributed by atoms with Crippen molar-refractivity contribution in [3.05, 3.63) is 40.4 Å². The van der Waals surface area contributed by atoms with E-state index in [4.69, 9.17) is 4.74 Å². The molecule has 0 aromatic heterocycles. The Labute approximate surface area is 156 Å². The van der Waals surface area contributed by atoms with Crippen LogP contribution < -0.4 is 5.32 Å². The summed E-state index contributed by atoms with van der Waals surface area (Å²) in [6.45, 7) is 1.51. The van der Waals surface area contributed by atoms with Crippen molar-refractivity contribution in [1.82, 2.24) is 5.32 Å². The van der Waals surface area contributed by atoms with Gasteiger partial charge >= 0.3 is 5.97 Å². The Morgan fingerprint density at radius 1 is 1.36 bits per heavy atom. The number of halogens is 1. The van der Waals surface area contributed by atoms with Crippen molar-refractivity contribution in [2.75, 3.05) is 0 Å². The fraction of sp³-hybridized carbons (Fsp3) is 0.421. The quantitative estimate of drug-likeness (QED) is 0.598. The maximum atomic E-state index is 12.3. The van der Waals surface area contributed by atoms with Gasteiger partial charge in [0.15, 0.2) is 6.10 Å². The zero-order chi connectivity index (χ0) is 18.3. The molecule has 0 radical (unpaired) electrons. The summed E-state index contributed by atoms with van der Waals surface area (Å²) < 4.78 is 6.04. The van der Waals surface area contributed by atoms with Crippen molar-refractivity contribution in [2.24, 2.45) is 0 Å². The number of hydrogen-bond acceptors (Lipinski definition) is 4. The normalized spacial score (nSPS) is 17.5. The lowest BCUT2D eigenvalue weighted by Gasteiger charge is -2.32. The molecule has 1 fully saturated rings. The summed E-state index contributed by atoms with van der Waals surface area (Å²) in [5.74, 6) is -1.04. The van der Waals surface area contributed by atoms with Gasteiger partial charge in [0, 0.05) is 10.5 Å². The molecule has 132 valence electrons. The summed E-state index contributed by atoms with van der Waals surface area (Å²) >= 11 is 3.36. The van der Waals surface area contributed by atoms with Gasteiger partial charge in [0.05, 0.1) is 6.07 Å². The van der Waals surface area contributed by atoms with E-state index in [9.17, 15) is 14.9 Å². The molecule has 6 heteroatoms. The van der Waals surface area contributed by atoms with Crippen LogP contribution in [0.4, 0.5) is 0 Å². The van der Waals surface area contributed by atoms with Gasteiger partial charge in [0.1, 0.15) is 5.54 Å². The van der Waals surface area contributed by atoms with Gasteiger partial charge in [0.2, 0.25) is 0 Å². The first kappa shape index (κ1) is 19.2. The molecule has 25 heavy (non-hydrogen) atoms. The van der Waals surface area contributed by atoms with Crippen LogP contribution in [0.15, 0.2) is 34.8 Å². The van der Waals surface area contributed by atoms with Crippen LogP contribution in [0.25, 0.3) is 6.08 Å². The molecular weight excluding hydrogens is 384 g/mol. The summed E-state index contributed by atoms with van der Waals surface area (Å²) in [5, 5.41) is 12.2. The second-order valence-electron chi connectivity index (χ2n) is 6.21. The van der Waals surface area contributed by atoms with Crippen molar-refractivity contribution in [3.8, 4) is 6.07 Å². The summed E-state index contributed by atoms with van der Waals surface area (Å²) in [6, 6.07) is 9.68. The van der Waals surface area contributed by atoms with E-state index in [0.717, 1.165) is 29.3 Å². The Bertz CT molecular complexity index is 703. The third-order valence-electron chi connectivity index (χ3n) is 4.21. The highest BCUT2D eigenvalue weighted by molar-refractivity contribution is 9.10. The average Bonchev–Trinajstić information content (AvgIpc) is 2.60. The van der Waals surface area contributed by atoms with Crippen molar-refractivity contribution in [3.63, 3.8) is 0 Å². The van der Waals surface area contributed by atoms with E-state index in [0.29, 0.717) is 12.8 Å². The van der Waals surface area contributed by atoms with Crippen LogP contribution in [0.2, 0.25) is 0 Å². The van der Waals surface area contributed by atoms with E-state index in [1.807, 2.05) is 24.3 Å². The zero-order valence-electron chi connectivity index (χ0n) is 14.1. The molecule has 0 aliphatic heterocycles. The molecule has 2 rings (SSSR count). The van der Waals surface area contributed by atoms with Crippen LogP contribution in [0.3, 0.4) is 0 Å². The highest BCUT2D eigenvalue weighted by Crippen LogP contribution is 2.27. The summed E-state index contributed by atoms with van der Waals surface area (Å²) in [6.07, 6.45) is 6.13. The first-order valence-corrected chi connectivity index (χ1v) is 9.11. The van der Waals surface area contributed by atoms with Gasteiger partial charge in [-0.05, 0) is 43.5 Å². The minimum atomic E-state index is -0.952. The number of ether oxygens (including phenoxy) is 1. The Kier molecular flexibility index (Phi) is 6.77. The van der Waals surface area contributed by atoms with Gasteiger partial charge in [-0.15, -0.1) is 0 Å². The van der Waals surface area contributed by atoms with Crippen LogP contribution in [-0.2, 0) is 14.3 Å². The Morgan fingerprint density at radius 3 is 2.72 bits per heavy atom. The van der Waals surface area contributed by atoms with Crippen molar-refractivity contribution in [1.29, 1.82) is 5.26 Å². The molecule has 1 saturated carbocycles. The van der Waals surface area contributed by atoms with Gasteiger partial charge in [0.25, 0.3) is 5.91 Å². The number of carbonyl (C=O) groups excluding carboxylic acids is 2. The molecule has 0 unspecified atom stereocenters. The van der Waals surface area contributed by atoms with Crippen molar-refractivity contribution >= 4 is 33.9 Å². The molecule has 1 amide bonds. The zero-order valence-corrected chi connectivity index (χ0v) is 15.7. The summed E-state index contributed by atoms with van der Waals surface area (Å²) in [7, 11) is 0. The lowest BCUT2D eigenvalue weighted by molar-refractivity contribution is -0.150. The first-order valence-electron chi connectivity index (χ1n) is 8.32. The van der Waals surface area contributed by atoms with Crippen LogP contribution in [0.1, 0.15) is 44.6 Å². The molecule has 0 bridgehead atoms. The number of esters is 1. The van der Waals surface area contributed by atoms with Gasteiger partial charge < -0.3 is 10.1 Å². The number of rotatable bonds is 5. The lowest BCUT2D eigenvalue weighted by atomic mass is 9.83. The number of carbonyl (C=O) groups is 2. The van der Waals surface area contributed by atoms with E-state index in [1.165, 1.54) is 13.0 Å². The lowest BCUT2D eigenvalue weighted by Crippen LogP contribution is -2.52. The number of nitriles is 1. The molecule has 1 aromatic carbocycles. The summed E-state index contributed by atoms with van der Waals surface area (Å²) in [5.41, 5.74) is 0.0105. The Morgan fingerprint density at radius 2 is 2.08 bits per heavy atom. The van der Waals surface area contributed by atoms with E-state index in [2.05, 4.69) is 27.3 Å². The fourth-order valence-corrected chi connectivity index (χ4v) is 3.22. The van der Waals surface area contributed by atoms with Gasteiger partial charge in [-0.25, -0.2) is 4.79 Å². The minimum Gasteiger partial charge on any atom is -0.449 e. The van der Waals surface area contributed by atoms with Gasteiger partial charge in [-0.2, -0.15) is 5.26 Å². The molecule has 5 nitrogen and oxygen atoms in total. The third kappa shape index (κ3) is 5.71. The average molecular weight is 405 g/mol. The Balaban J connectivity index is 1.89. The van der Waals surface area contributed by atoms with E-state index in [1.54, 1.807) is 6.08 Å². The number of amides is 1. The molecule has 0 spiro atoms. The molecule has 1 aliphatic rings. The van der Waals surface area contributed by atoms with Crippen LogP contribution in [0.5, 0.6) is 0 Å². The standard InChI is InChI=1S/C19H21BrN2O3/c1-14(18(24)22-19(13-21)10-3-2-4-11-19)25-17(23)9-8-15-6-5-7-16(20)12-15/h5-9,12,14H,2-4,10-11H2,1H3,(H,22,24)/b9-8+/t14-/m0/s1.